The molecule has 0 spiro atoms. The van der Waals surface area contributed by atoms with Gasteiger partial charge in [0.1, 0.15) is 6.61 Å². The van der Waals surface area contributed by atoms with E-state index in [-0.39, 0.29) is 18.5 Å². The van der Waals surface area contributed by atoms with Crippen LogP contribution in [-0.2, 0) is 16.1 Å². The highest BCUT2D eigenvalue weighted by Gasteiger charge is 2.11. The number of hydrogen-bond donors (Lipinski definition) is 1. The zero-order valence-electron chi connectivity index (χ0n) is 9.99. The molecule has 2 N–H and O–H groups in total. The SMILES string of the molecule is CCC(CN)CC(=O)OCc1ccc(Cl)cc1. The number of rotatable bonds is 6. The predicted octanol–water partition coefficient (Wildman–Crippen LogP) is 2.76. The molecule has 0 heterocycles. The Labute approximate surface area is 107 Å². The van der Waals surface area contributed by atoms with Crippen molar-refractivity contribution in [3.63, 3.8) is 0 Å². The molecule has 17 heavy (non-hydrogen) atoms. The van der Waals surface area contributed by atoms with Crippen LogP contribution in [0, 0.1) is 5.92 Å². The standard InChI is InChI=1S/C13H18ClNO2/c1-2-10(8-15)7-13(16)17-9-11-3-5-12(14)6-4-11/h3-6,10H,2,7-9,15H2,1H3. The number of carbonyl (C=O) groups is 1. The number of nitrogens with two attached hydrogens (primary N) is 1. The van der Waals surface area contributed by atoms with Crippen LogP contribution in [0.3, 0.4) is 0 Å². The van der Waals surface area contributed by atoms with E-state index in [4.69, 9.17) is 22.1 Å². The normalized spacial score (nSPS) is 12.2. The summed E-state index contributed by atoms with van der Waals surface area (Å²) in [5.41, 5.74) is 6.47. The van der Waals surface area contributed by atoms with Crippen LogP contribution in [0.2, 0.25) is 5.02 Å². The van der Waals surface area contributed by atoms with Crippen molar-refractivity contribution in [3.05, 3.63) is 34.9 Å². The van der Waals surface area contributed by atoms with Crippen molar-refractivity contribution in [1.82, 2.24) is 0 Å². The van der Waals surface area contributed by atoms with Gasteiger partial charge in [-0.25, -0.2) is 0 Å². The summed E-state index contributed by atoms with van der Waals surface area (Å²) < 4.78 is 5.16. The van der Waals surface area contributed by atoms with Gasteiger partial charge in [0, 0.05) is 11.4 Å². The minimum absolute atomic E-state index is 0.197. The molecule has 0 aromatic heterocycles. The van der Waals surface area contributed by atoms with Crippen LogP contribution in [0.25, 0.3) is 0 Å². The molecule has 0 saturated heterocycles. The Morgan fingerprint density at radius 3 is 2.59 bits per heavy atom. The molecule has 4 heteroatoms. The van der Waals surface area contributed by atoms with Crippen LogP contribution >= 0.6 is 11.6 Å². The Kier molecular flexibility index (Phi) is 6.01. The summed E-state index contributed by atoms with van der Waals surface area (Å²) in [6, 6.07) is 7.24. The molecule has 1 aromatic rings. The van der Waals surface area contributed by atoms with Crippen LogP contribution in [0.4, 0.5) is 0 Å². The van der Waals surface area contributed by atoms with Crippen LogP contribution < -0.4 is 5.73 Å². The van der Waals surface area contributed by atoms with E-state index in [1.165, 1.54) is 0 Å². The van der Waals surface area contributed by atoms with Gasteiger partial charge >= 0.3 is 5.97 Å². The first-order chi connectivity index (χ1) is 8.15. The number of carbonyl (C=O) groups excluding carboxylic acids is 1. The zero-order valence-corrected chi connectivity index (χ0v) is 10.7. The lowest BCUT2D eigenvalue weighted by Crippen LogP contribution is -2.18. The van der Waals surface area contributed by atoms with Gasteiger partial charge in [0.25, 0.3) is 0 Å². The fraction of sp³-hybridized carbons (Fsp3) is 0.462. The second-order valence-corrected chi connectivity index (χ2v) is 4.44. The summed E-state index contributed by atoms with van der Waals surface area (Å²) in [6.45, 7) is 2.83. The van der Waals surface area contributed by atoms with Crippen LogP contribution in [0.15, 0.2) is 24.3 Å². The van der Waals surface area contributed by atoms with E-state index in [0.717, 1.165) is 12.0 Å². The molecule has 0 fully saturated rings. The molecule has 3 nitrogen and oxygen atoms in total. The van der Waals surface area contributed by atoms with Gasteiger partial charge < -0.3 is 10.5 Å². The Bertz CT molecular complexity index is 347. The number of esters is 1. The molecule has 0 amide bonds. The van der Waals surface area contributed by atoms with Gasteiger partial charge in [-0.3, -0.25) is 4.79 Å². The average Bonchev–Trinajstić information content (AvgIpc) is 2.35. The molecule has 1 unspecified atom stereocenters. The van der Waals surface area contributed by atoms with Gasteiger partial charge in [-0.2, -0.15) is 0 Å². The molecule has 0 saturated carbocycles. The minimum Gasteiger partial charge on any atom is -0.461 e. The largest absolute Gasteiger partial charge is 0.461 e. The maximum absolute atomic E-state index is 11.5. The number of halogens is 1. The van der Waals surface area contributed by atoms with Crippen LogP contribution in [0.1, 0.15) is 25.3 Å². The second kappa shape index (κ2) is 7.30. The first-order valence-electron chi connectivity index (χ1n) is 5.75. The third-order valence-corrected chi connectivity index (χ3v) is 2.93. The van der Waals surface area contributed by atoms with E-state index in [1.807, 2.05) is 19.1 Å². The van der Waals surface area contributed by atoms with Crippen molar-refractivity contribution in [2.45, 2.75) is 26.4 Å². The average molecular weight is 256 g/mol. The fourth-order valence-electron chi connectivity index (χ4n) is 1.43. The molecule has 94 valence electrons. The van der Waals surface area contributed by atoms with E-state index in [0.29, 0.717) is 18.0 Å². The number of hydrogen-bond acceptors (Lipinski definition) is 3. The van der Waals surface area contributed by atoms with Crippen molar-refractivity contribution in [2.24, 2.45) is 11.7 Å². The van der Waals surface area contributed by atoms with E-state index < -0.39 is 0 Å². The molecule has 0 aliphatic carbocycles. The van der Waals surface area contributed by atoms with Gasteiger partial charge in [0.2, 0.25) is 0 Å². The second-order valence-electron chi connectivity index (χ2n) is 4.00. The van der Waals surface area contributed by atoms with Crippen LogP contribution in [0.5, 0.6) is 0 Å². The summed E-state index contributed by atoms with van der Waals surface area (Å²) in [7, 11) is 0. The molecule has 1 rings (SSSR count). The molecule has 0 radical (unpaired) electrons. The lowest BCUT2D eigenvalue weighted by Gasteiger charge is -2.11. The summed E-state index contributed by atoms with van der Waals surface area (Å²) in [6.07, 6.45) is 1.28. The molecule has 1 aromatic carbocycles. The molecule has 0 aliphatic rings. The summed E-state index contributed by atoms with van der Waals surface area (Å²) in [5, 5.41) is 0.675. The Balaban J connectivity index is 2.35. The zero-order chi connectivity index (χ0) is 12.7. The van der Waals surface area contributed by atoms with E-state index in [9.17, 15) is 4.79 Å². The third kappa shape index (κ3) is 5.20. The minimum atomic E-state index is -0.197. The monoisotopic (exact) mass is 255 g/mol. The highest BCUT2D eigenvalue weighted by Crippen LogP contribution is 2.12. The fourth-order valence-corrected chi connectivity index (χ4v) is 1.56. The highest BCUT2D eigenvalue weighted by atomic mass is 35.5. The Hall–Kier alpha value is -1.06. The van der Waals surface area contributed by atoms with Crippen molar-refractivity contribution in [2.75, 3.05) is 6.54 Å². The van der Waals surface area contributed by atoms with Gasteiger partial charge in [-0.15, -0.1) is 0 Å². The Morgan fingerprint density at radius 2 is 2.06 bits per heavy atom. The topological polar surface area (TPSA) is 52.3 Å². The van der Waals surface area contributed by atoms with Gasteiger partial charge in [0.15, 0.2) is 0 Å². The van der Waals surface area contributed by atoms with E-state index in [2.05, 4.69) is 0 Å². The van der Waals surface area contributed by atoms with Gasteiger partial charge in [-0.05, 0) is 30.2 Å². The van der Waals surface area contributed by atoms with Crippen molar-refractivity contribution >= 4 is 17.6 Å². The van der Waals surface area contributed by atoms with Gasteiger partial charge in [0.05, 0.1) is 0 Å². The highest BCUT2D eigenvalue weighted by molar-refractivity contribution is 6.30. The molecule has 0 bridgehead atoms. The molecular formula is C13H18ClNO2. The van der Waals surface area contributed by atoms with E-state index >= 15 is 0 Å². The summed E-state index contributed by atoms with van der Waals surface area (Å²) in [4.78, 5) is 11.5. The van der Waals surface area contributed by atoms with Gasteiger partial charge in [-0.1, -0.05) is 37.1 Å². The number of benzene rings is 1. The number of ether oxygens (including phenoxy) is 1. The first-order valence-corrected chi connectivity index (χ1v) is 6.13. The lowest BCUT2D eigenvalue weighted by molar-refractivity contribution is -0.146. The maximum atomic E-state index is 11.5. The predicted molar refractivity (Wildman–Crippen MR) is 68.7 cm³/mol. The quantitative estimate of drug-likeness (QED) is 0.796. The van der Waals surface area contributed by atoms with E-state index in [1.54, 1.807) is 12.1 Å². The Morgan fingerprint density at radius 1 is 1.41 bits per heavy atom. The lowest BCUT2D eigenvalue weighted by atomic mass is 10.0. The van der Waals surface area contributed by atoms with Crippen molar-refractivity contribution in [1.29, 1.82) is 0 Å². The van der Waals surface area contributed by atoms with Crippen molar-refractivity contribution in [3.8, 4) is 0 Å². The summed E-state index contributed by atoms with van der Waals surface area (Å²) in [5.74, 6) is 0.0185. The van der Waals surface area contributed by atoms with Crippen LogP contribution in [-0.4, -0.2) is 12.5 Å². The molecular weight excluding hydrogens is 238 g/mol. The maximum Gasteiger partial charge on any atom is 0.306 e. The first kappa shape index (κ1) is 14.0. The van der Waals surface area contributed by atoms with Crippen molar-refractivity contribution < 1.29 is 9.53 Å². The smallest absolute Gasteiger partial charge is 0.306 e. The molecule has 1 atom stereocenters. The summed E-state index contributed by atoms with van der Waals surface area (Å²) >= 11 is 5.76. The third-order valence-electron chi connectivity index (χ3n) is 2.68. The molecule has 0 aliphatic heterocycles.